The van der Waals surface area contributed by atoms with Gasteiger partial charge in [-0.15, -0.1) is 23.1 Å². The molecule has 1 aliphatic carbocycles. The molecular formula is C23H26ClNO5S2. The summed E-state index contributed by atoms with van der Waals surface area (Å²) in [6.07, 6.45) is 4.22. The number of carbonyl (C=O) groups is 3. The molecule has 2 aromatic rings. The highest BCUT2D eigenvalue weighted by atomic mass is 35.5. The molecule has 1 unspecified atom stereocenters. The van der Waals surface area contributed by atoms with Gasteiger partial charge in [-0.25, -0.2) is 9.59 Å². The van der Waals surface area contributed by atoms with E-state index in [9.17, 15) is 14.4 Å². The number of thioether (sulfide) groups is 1. The van der Waals surface area contributed by atoms with Crippen LogP contribution >= 0.6 is 34.7 Å². The number of halogens is 1. The van der Waals surface area contributed by atoms with Crippen LogP contribution in [0.1, 0.15) is 58.3 Å². The van der Waals surface area contributed by atoms with Crippen LogP contribution in [0.25, 0.3) is 0 Å². The second kappa shape index (κ2) is 10.7. The van der Waals surface area contributed by atoms with E-state index in [1.807, 2.05) is 6.26 Å². The molecule has 3 rings (SSSR count). The standard InChI is InChI=1S/C23H26ClNO5S2/c1-12(2)30-23(28)20-15-7-5-13(3)9-18(15)32-21(20)25-19(26)11-29-22(27)16-10-14(31-4)6-8-17(16)24/h6,8,10,12-13H,5,7,9,11H2,1-4H3,(H,25,26). The summed E-state index contributed by atoms with van der Waals surface area (Å²) in [7, 11) is 0. The fourth-order valence-corrected chi connectivity index (χ4v) is 5.54. The Bertz CT molecular complexity index is 1030. The molecule has 1 heterocycles. The van der Waals surface area contributed by atoms with E-state index in [0.717, 1.165) is 34.6 Å². The summed E-state index contributed by atoms with van der Waals surface area (Å²) in [6.45, 7) is 5.25. The highest BCUT2D eigenvalue weighted by Gasteiger charge is 2.29. The maximum absolute atomic E-state index is 12.8. The maximum Gasteiger partial charge on any atom is 0.341 e. The summed E-state index contributed by atoms with van der Waals surface area (Å²) in [4.78, 5) is 39.7. The molecule has 1 aromatic carbocycles. The molecule has 1 atom stereocenters. The first-order valence-corrected chi connectivity index (χ1v) is 12.8. The first-order valence-electron chi connectivity index (χ1n) is 10.4. The Morgan fingerprint density at radius 3 is 2.72 bits per heavy atom. The van der Waals surface area contributed by atoms with Crippen molar-refractivity contribution in [3.63, 3.8) is 0 Å². The number of anilines is 1. The van der Waals surface area contributed by atoms with Crippen LogP contribution in [0.5, 0.6) is 0 Å². The molecule has 1 aromatic heterocycles. The van der Waals surface area contributed by atoms with Crippen molar-refractivity contribution < 1.29 is 23.9 Å². The largest absolute Gasteiger partial charge is 0.459 e. The van der Waals surface area contributed by atoms with Crippen molar-refractivity contribution in [2.45, 2.75) is 51.0 Å². The molecule has 1 amide bonds. The number of fused-ring (bicyclic) bond motifs is 1. The van der Waals surface area contributed by atoms with Gasteiger partial charge in [0.1, 0.15) is 5.00 Å². The van der Waals surface area contributed by atoms with Gasteiger partial charge in [0.25, 0.3) is 5.91 Å². The van der Waals surface area contributed by atoms with E-state index in [2.05, 4.69) is 12.2 Å². The van der Waals surface area contributed by atoms with Crippen molar-refractivity contribution in [1.29, 1.82) is 0 Å². The van der Waals surface area contributed by atoms with Gasteiger partial charge >= 0.3 is 11.9 Å². The molecule has 0 fully saturated rings. The predicted molar refractivity (Wildman–Crippen MR) is 128 cm³/mol. The number of hydrogen-bond acceptors (Lipinski definition) is 7. The van der Waals surface area contributed by atoms with Gasteiger partial charge in [-0.2, -0.15) is 0 Å². The quantitative estimate of drug-likeness (QED) is 0.397. The number of benzene rings is 1. The molecule has 1 N–H and O–H groups in total. The Morgan fingerprint density at radius 1 is 1.28 bits per heavy atom. The molecular weight excluding hydrogens is 470 g/mol. The third-order valence-electron chi connectivity index (χ3n) is 5.04. The fraction of sp³-hybridized carbons (Fsp3) is 0.435. The van der Waals surface area contributed by atoms with E-state index in [-0.39, 0.29) is 16.7 Å². The van der Waals surface area contributed by atoms with Crippen molar-refractivity contribution in [1.82, 2.24) is 0 Å². The first-order chi connectivity index (χ1) is 15.2. The zero-order valence-corrected chi connectivity index (χ0v) is 20.8. The second-order valence-electron chi connectivity index (χ2n) is 7.98. The molecule has 0 bridgehead atoms. The number of carbonyl (C=O) groups excluding carboxylic acids is 3. The Morgan fingerprint density at radius 2 is 2.03 bits per heavy atom. The molecule has 32 heavy (non-hydrogen) atoms. The van der Waals surface area contributed by atoms with Crippen molar-refractivity contribution in [3.8, 4) is 0 Å². The first kappa shape index (κ1) is 24.6. The smallest absolute Gasteiger partial charge is 0.341 e. The number of rotatable bonds is 7. The van der Waals surface area contributed by atoms with Crippen LogP contribution in [-0.2, 0) is 27.1 Å². The lowest BCUT2D eigenvalue weighted by Crippen LogP contribution is -2.22. The van der Waals surface area contributed by atoms with Gasteiger partial charge in [-0.05, 0) is 69.0 Å². The number of nitrogens with one attached hydrogen (secondary N) is 1. The van der Waals surface area contributed by atoms with Crippen LogP contribution in [0.15, 0.2) is 23.1 Å². The van der Waals surface area contributed by atoms with Gasteiger partial charge in [0.15, 0.2) is 6.61 Å². The van der Waals surface area contributed by atoms with Gasteiger partial charge in [-0.1, -0.05) is 18.5 Å². The molecule has 0 spiro atoms. The van der Waals surface area contributed by atoms with E-state index in [4.69, 9.17) is 21.1 Å². The third kappa shape index (κ3) is 5.85. The molecule has 172 valence electrons. The highest BCUT2D eigenvalue weighted by Crippen LogP contribution is 2.40. The van der Waals surface area contributed by atoms with Gasteiger partial charge in [0, 0.05) is 9.77 Å². The van der Waals surface area contributed by atoms with E-state index in [1.165, 1.54) is 23.1 Å². The molecule has 1 aliphatic rings. The molecule has 9 heteroatoms. The molecule has 0 saturated carbocycles. The fourth-order valence-electron chi connectivity index (χ4n) is 3.49. The lowest BCUT2D eigenvalue weighted by atomic mass is 9.88. The van der Waals surface area contributed by atoms with Crippen LogP contribution in [0.4, 0.5) is 5.00 Å². The molecule has 0 aliphatic heterocycles. The number of esters is 2. The Labute approximate surface area is 201 Å². The number of ether oxygens (including phenoxy) is 2. The summed E-state index contributed by atoms with van der Waals surface area (Å²) in [6, 6.07) is 5.04. The summed E-state index contributed by atoms with van der Waals surface area (Å²) in [5, 5.41) is 3.44. The minimum Gasteiger partial charge on any atom is -0.459 e. The average molecular weight is 496 g/mol. The molecule has 6 nitrogen and oxygen atoms in total. The minimum atomic E-state index is -0.681. The van der Waals surface area contributed by atoms with E-state index >= 15 is 0 Å². The average Bonchev–Trinajstić information content (AvgIpc) is 3.08. The highest BCUT2D eigenvalue weighted by molar-refractivity contribution is 7.98. The zero-order valence-electron chi connectivity index (χ0n) is 18.5. The van der Waals surface area contributed by atoms with E-state index in [0.29, 0.717) is 16.5 Å². The number of hydrogen-bond donors (Lipinski definition) is 1. The van der Waals surface area contributed by atoms with Gasteiger partial charge < -0.3 is 14.8 Å². The Kier molecular flexibility index (Phi) is 8.25. The van der Waals surface area contributed by atoms with Gasteiger partial charge in [0.2, 0.25) is 0 Å². The van der Waals surface area contributed by atoms with Crippen LogP contribution in [-0.4, -0.2) is 36.8 Å². The predicted octanol–water partition coefficient (Wildman–Crippen LogP) is 5.61. The lowest BCUT2D eigenvalue weighted by Gasteiger charge is -2.18. The Balaban J connectivity index is 1.73. The summed E-state index contributed by atoms with van der Waals surface area (Å²) in [5.74, 6) is -1.14. The van der Waals surface area contributed by atoms with Crippen LogP contribution in [0.2, 0.25) is 5.02 Å². The second-order valence-corrected chi connectivity index (χ2v) is 10.4. The number of amides is 1. The lowest BCUT2D eigenvalue weighted by molar-refractivity contribution is -0.119. The summed E-state index contributed by atoms with van der Waals surface area (Å²) < 4.78 is 10.6. The monoisotopic (exact) mass is 495 g/mol. The number of thiophene rings is 1. The molecule has 0 radical (unpaired) electrons. The van der Waals surface area contributed by atoms with Crippen molar-refractivity contribution >= 4 is 57.5 Å². The third-order valence-corrected chi connectivity index (χ3v) is 7.26. The van der Waals surface area contributed by atoms with Crippen molar-refractivity contribution in [2.24, 2.45) is 5.92 Å². The van der Waals surface area contributed by atoms with E-state index < -0.39 is 24.5 Å². The molecule has 0 saturated heterocycles. The maximum atomic E-state index is 12.8. The van der Waals surface area contributed by atoms with Crippen molar-refractivity contribution in [2.75, 3.05) is 18.2 Å². The van der Waals surface area contributed by atoms with Gasteiger partial charge in [0.05, 0.1) is 22.3 Å². The van der Waals surface area contributed by atoms with Gasteiger partial charge in [-0.3, -0.25) is 4.79 Å². The summed E-state index contributed by atoms with van der Waals surface area (Å²) >= 11 is 8.96. The normalized spacial score (nSPS) is 15.2. The topological polar surface area (TPSA) is 81.7 Å². The minimum absolute atomic E-state index is 0.202. The Hall–Kier alpha value is -2.03. The van der Waals surface area contributed by atoms with Crippen LogP contribution in [0.3, 0.4) is 0 Å². The zero-order chi connectivity index (χ0) is 23.4. The summed E-state index contributed by atoms with van der Waals surface area (Å²) in [5.41, 5.74) is 1.57. The van der Waals surface area contributed by atoms with Crippen molar-refractivity contribution in [3.05, 3.63) is 44.8 Å². The SMILES string of the molecule is CSc1ccc(Cl)c(C(=O)OCC(=O)Nc2sc3c(c2C(=O)OC(C)C)CCC(C)C3)c1. The van der Waals surface area contributed by atoms with Crippen LogP contribution < -0.4 is 5.32 Å². The van der Waals surface area contributed by atoms with E-state index in [1.54, 1.807) is 32.0 Å². The van der Waals surface area contributed by atoms with Crippen LogP contribution in [0, 0.1) is 5.92 Å².